The van der Waals surface area contributed by atoms with Crippen molar-refractivity contribution < 1.29 is 0 Å². The van der Waals surface area contributed by atoms with E-state index in [1.165, 1.54) is 32.2 Å². The largest absolute Gasteiger partial charge is 0.315 e. The molecule has 0 aromatic carbocycles. The smallest absolute Gasteiger partial charge is 0.00768 e. The number of hydrogen-bond acceptors (Lipinski definition) is 2. The van der Waals surface area contributed by atoms with Crippen LogP contribution >= 0.6 is 0 Å². The molecule has 0 aliphatic heterocycles. The van der Waals surface area contributed by atoms with Gasteiger partial charge in [0.1, 0.15) is 0 Å². The lowest BCUT2D eigenvalue weighted by Gasteiger charge is -2.25. The average molecular weight is 198 g/mol. The minimum absolute atomic E-state index is 0.768. The topological polar surface area (TPSA) is 24.1 Å². The van der Waals surface area contributed by atoms with Crippen molar-refractivity contribution in [1.82, 2.24) is 10.6 Å². The first-order valence-electron chi connectivity index (χ1n) is 6.20. The zero-order chi connectivity index (χ0) is 10.2. The minimum Gasteiger partial charge on any atom is -0.315 e. The second-order valence-electron chi connectivity index (χ2n) is 4.93. The van der Waals surface area contributed by atoms with Gasteiger partial charge in [-0.05, 0) is 31.3 Å². The summed E-state index contributed by atoms with van der Waals surface area (Å²) >= 11 is 0. The van der Waals surface area contributed by atoms with E-state index in [2.05, 4.69) is 24.5 Å². The Kier molecular flexibility index (Phi) is 6.20. The van der Waals surface area contributed by atoms with E-state index >= 15 is 0 Å². The van der Waals surface area contributed by atoms with E-state index in [-0.39, 0.29) is 0 Å². The van der Waals surface area contributed by atoms with Crippen LogP contribution in [0.25, 0.3) is 0 Å². The quantitative estimate of drug-likeness (QED) is 0.583. The SMILES string of the molecule is CC(C)CNCCNCCC1CCC1. The third-order valence-corrected chi connectivity index (χ3v) is 2.99. The molecule has 0 spiro atoms. The fourth-order valence-electron chi connectivity index (χ4n) is 1.78. The summed E-state index contributed by atoms with van der Waals surface area (Å²) in [5.41, 5.74) is 0. The van der Waals surface area contributed by atoms with Gasteiger partial charge >= 0.3 is 0 Å². The molecule has 0 heterocycles. The highest BCUT2D eigenvalue weighted by atomic mass is 14.9. The molecule has 0 aromatic heterocycles. The standard InChI is InChI=1S/C12H26N2/c1-11(2)10-14-9-8-13-7-6-12-4-3-5-12/h11-14H,3-10H2,1-2H3. The Balaban J connectivity index is 1.71. The second-order valence-corrected chi connectivity index (χ2v) is 4.93. The molecule has 1 aliphatic rings. The number of nitrogens with one attached hydrogen (secondary N) is 2. The van der Waals surface area contributed by atoms with E-state index in [1.54, 1.807) is 0 Å². The van der Waals surface area contributed by atoms with Gasteiger partial charge in [0.05, 0.1) is 0 Å². The highest BCUT2D eigenvalue weighted by Gasteiger charge is 2.15. The lowest BCUT2D eigenvalue weighted by molar-refractivity contribution is 0.292. The molecule has 0 amide bonds. The van der Waals surface area contributed by atoms with Gasteiger partial charge in [0.15, 0.2) is 0 Å². The van der Waals surface area contributed by atoms with Gasteiger partial charge in [0, 0.05) is 13.1 Å². The van der Waals surface area contributed by atoms with Crippen molar-refractivity contribution in [2.24, 2.45) is 11.8 Å². The van der Waals surface area contributed by atoms with Gasteiger partial charge in [0.2, 0.25) is 0 Å². The average Bonchev–Trinajstić information content (AvgIpc) is 2.06. The van der Waals surface area contributed by atoms with Gasteiger partial charge in [-0.15, -0.1) is 0 Å². The molecule has 1 rings (SSSR count). The van der Waals surface area contributed by atoms with Crippen molar-refractivity contribution in [3.8, 4) is 0 Å². The summed E-state index contributed by atoms with van der Waals surface area (Å²) in [7, 11) is 0. The van der Waals surface area contributed by atoms with Crippen molar-refractivity contribution in [3.05, 3.63) is 0 Å². The van der Waals surface area contributed by atoms with Gasteiger partial charge in [-0.2, -0.15) is 0 Å². The summed E-state index contributed by atoms with van der Waals surface area (Å²) in [5.74, 6) is 1.82. The fraction of sp³-hybridized carbons (Fsp3) is 1.00. The molecule has 84 valence electrons. The van der Waals surface area contributed by atoms with Crippen LogP contribution in [0.5, 0.6) is 0 Å². The predicted molar refractivity (Wildman–Crippen MR) is 62.5 cm³/mol. The molecule has 0 unspecified atom stereocenters. The Morgan fingerprint density at radius 3 is 2.36 bits per heavy atom. The van der Waals surface area contributed by atoms with Crippen molar-refractivity contribution in [1.29, 1.82) is 0 Å². The molecule has 2 heteroatoms. The Morgan fingerprint density at radius 2 is 1.79 bits per heavy atom. The normalized spacial score (nSPS) is 17.4. The van der Waals surface area contributed by atoms with Crippen molar-refractivity contribution >= 4 is 0 Å². The highest BCUT2D eigenvalue weighted by molar-refractivity contribution is 4.70. The molecule has 0 atom stereocenters. The van der Waals surface area contributed by atoms with E-state index in [0.717, 1.165) is 31.5 Å². The Labute approximate surface area is 88.8 Å². The molecule has 0 radical (unpaired) electrons. The van der Waals surface area contributed by atoms with Crippen LogP contribution in [0.1, 0.15) is 39.5 Å². The molecule has 0 saturated heterocycles. The zero-order valence-electron chi connectivity index (χ0n) is 9.81. The second kappa shape index (κ2) is 7.24. The number of rotatable bonds is 8. The maximum Gasteiger partial charge on any atom is 0.00768 e. The Bertz CT molecular complexity index is 130. The van der Waals surface area contributed by atoms with Crippen LogP contribution in [-0.4, -0.2) is 26.2 Å². The summed E-state index contributed by atoms with van der Waals surface area (Å²) < 4.78 is 0. The summed E-state index contributed by atoms with van der Waals surface area (Å²) in [4.78, 5) is 0. The van der Waals surface area contributed by atoms with E-state index in [4.69, 9.17) is 0 Å². The summed E-state index contributed by atoms with van der Waals surface area (Å²) in [5, 5.41) is 6.93. The predicted octanol–water partition coefficient (Wildman–Crippen LogP) is 2.01. The van der Waals surface area contributed by atoms with Crippen LogP contribution in [0.2, 0.25) is 0 Å². The van der Waals surface area contributed by atoms with Gasteiger partial charge < -0.3 is 10.6 Å². The van der Waals surface area contributed by atoms with Crippen molar-refractivity contribution in [2.75, 3.05) is 26.2 Å². The summed E-state index contributed by atoms with van der Waals surface area (Å²) in [6.45, 7) is 9.09. The van der Waals surface area contributed by atoms with E-state index in [9.17, 15) is 0 Å². The van der Waals surface area contributed by atoms with Crippen LogP contribution in [0, 0.1) is 11.8 Å². The zero-order valence-corrected chi connectivity index (χ0v) is 9.81. The summed E-state index contributed by atoms with van der Waals surface area (Å²) in [6, 6.07) is 0. The van der Waals surface area contributed by atoms with Crippen LogP contribution in [0.3, 0.4) is 0 Å². The molecule has 2 nitrogen and oxygen atoms in total. The molecule has 1 aliphatic carbocycles. The third-order valence-electron chi connectivity index (χ3n) is 2.99. The first kappa shape index (κ1) is 12.0. The first-order chi connectivity index (χ1) is 6.79. The number of hydrogen-bond donors (Lipinski definition) is 2. The lowest BCUT2D eigenvalue weighted by Crippen LogP contribution is -2.31. The third kappa shape index (κ3) is 5.61. The van der Waals surface area contributed by atoms with Gasteiger partial charge in [-0.3, -0.25) is 0 Å². The first-order valence-corrected chi connectivity index (χ1v) is 6.20. The minimum atomic E-state index is 0.768. The molecule has 1 saturated carbocycles. The van der Waals surface area contributed by atoms with Crippen LogP contribution in [-0.2, 0) is 0 Å². The Hall–Kier alpha value is -0.0800. The van der Waals surface area contributed by atoms with E-state index in [0.29, 0.717) is 0 Å². The molecule has 14 heavy (non-hydrogen) atoms. The molecule has 1 fully saturated rings. The van der Waals surface area contributed by atoms with Crippen LogP contribution < -0.4 is 10.6 Å². The van der Waals surface area contributed by atoms with Crippen LogP contribution in [0.15, 0.2) is 0 Å². The molecular formula is C12H26N2. The maximum atomic E-state index is 3.50. The molecular weight excluding hydrogens is 172 g/mol. The summed E-state index contributed by atoms with van der Waals surface area (Å²) in [6.07, 6.45) is 5.82. The Morgan fingerprint density at radius 1 is 1.07 bits per heavy atom. The fourth-order valence-corrected chi connectivity index (χ4v) is 1.78. The van der Waals surface area contributed by atoms with Gasteiger partial charge in [0.25, 0.3) is 0 Å². The lowest BCUT2D eigenvalue weighted by atomic mass is 9.83. The highest BCUT2D eigenvalue weighted by Crippen LogP contribution is 2.28. The molecule has 0 bridgehead atoms. The molecule has 0 aromatic rings. The van der Waals surface area contributed by atoms with E-state index in [1.807, 2.05) is 0 Å². The van der Waals surface area contributed by atoms with Crippen LogP contribution in [0.4, 0.5) is 0 Å². The van der Waals surface area contributed by atoms with E-state index < -0.39 is 0 Å². The monoisotopic (exact) mass is 198 g/mol. The van der Waals surface area contributed by atoms with Gasteiger partial charge in [-0.1, -0.05) is 33.1 Å². The van der Waals surface area contributed by atoms with Crippen molar-refractivity contribution in [2.45, 2.75) is 39.5 Å². The van der Waals surface area contributed by atoms with Crippen molar-refractivity contribution in [3.63, 3.8) is 0 Å². The van der Waals surface area contributed by atoms with Gasteiger partial charge in [-0.25, -0.2) is 0 Å². The maximum absolute atomic E-state index is 3.50. The molecule has 2 N–H and O–H groups in total.